The quantitative estimate of drug-likeness (QED) is 0.784. The monoisotopic (exact) mass is 310 g/mol. The van der Waals surface area contributed by atoms with Crippen LogP contribution in [0.5, 0.6) is 0 Å². The van der Waals surface area contributed by atoms with E-state index in [1.54, 1.807) is 21.9 Å². The Kier molecular flexibility index (Phi) is 4.18. The van der Waals surface area contributed by atoms with Crippen molar-refractivity contribution in [3.8, 4) is 11.3 Å². The molecule has 1 aromatic carbocycles. The number of imidazole rings is 1. The molecule has 7 nitrogen and oxygen atoms in total. The molecule has 3 rings (SSSR count). The first-order valence-electron chi connectivity index (χ1n) is 7.40. The average Bonchev–Trinajstić information content (AvgIpc) is 3.18. The van der Waals surface area contributed by atoms with Crippen LogP contribution in [0.3, 0.4) is 0 Å². The van der Waals surface area contributed by atoms with Crippen molar-refractivity contribution in [1.82, 2.24) is 24.5 Å². The van der Waals surface area contributed by atoms with Crippen molar-refractivity contribution in [2.24, 2.45) is 0 Å². The number of anilines is 1. The molecule has 23 heavy (non-hydrogen) atoms. The van der Waals surface area contributed by atoms with Crippen molar-refractivity contribution in [3.63, 3.8) is 0 Å². The zero-order chi connectivity index (χ0) is 16.2. The van der Waals surface area contributed by atoms with Gasteiger partial charge >= 0.3 is 0 Å². The van der Waals surface area contributed by atoms with Gasteiger partial charge in [-0.15, -0.1) is 5.10 Å². The third-order valence-electron chi connectivity index (χ3n) is 3.27. The Hall–Kier alpha value is -2.96. The van der Waals surface area contributed by atoms with Crippen LogP contribution in [0, 0.1) is 0 Å². The Balaban J connectivity index is 1.63. The van der Waals surface area contributed by atoms with Crippen molar-refractivity contribution >= 4 is 11.7 Å². The van der Waals surface area contributed by atoms with Gasteiger partial charge in [-0.2, -0.15) is 9.90 Å². The average molecular weight is 310 g/mol. The fourth-order valence-electron chi connectivity index (χ4n) is 2.13. The first-order valence-corrected chi connectivity index (χ1v) is 7.40. The standard InChI is InChI=1S/C16H18N6O/c1-12(2)22-18-8-15(20-22)19-16(23)10-21-9-14(17-11-21)13-6-4-3-5-7-13/h3-9,11-12H,10H2,1-2H3,(H,19,20,23). The molecule has 2 heterocycles. The fraction of sp³-hybridized carbons (Fsp3) is 0.250. The lowest BCUT2D eigenvalue weighted by atomic mass is 10.2. The lowest BCUT2D eigenvalue weighted by molar-refractivity contribution is -0.116. The number of aromatic nitrogens is 5. The number of hydrogen-bond acceptors (Lipinski definition) is 4. The lowest BCUT2D eigenvalue weighted by Gasteiger charge is -2.03. The van der Waals surface area contributed by atoms with Gasteiger partial charge in [0.1, 0.15) is 6.54 Å². The summed E-state index contributed by atoms with van der Waals surface area (Å²) in [7, 11) is 0. The van der Waals surface area contributed by atoms with Gasteiger partial charge < -0.3 is 9.88 Å². The summed E-state index contributed by atoms with van der Waals surface area (Å²) < 4.78 is 1.74. The largest absolute Gasteiger partial charge is 0.327 e. The molecule has 0 spiro atoms. The second-order valence-electron chi connectivity index (χ2n) is 5.49. The number of benzene rings is 1. The smallest absolute Gasteiger partial charge is 0.245 e. The van der Waals surface area contributed by atoms with Gasteiger partial charge in [-0.3, -0.25) is 4.79 Å². The summed E-state index contributed by atoms with van der Waals surface area (Å²) in [6.45, 7) is 4.12. The molecule has 0 fully saturated rings. The molecule has 3 aromatic rings. The summed E-state index contributed by atoms with van der Waals surface area (Å²) in [4.78, 5) is 18.0. The number of hydrogen-bond donors (Lipinski definition) is 1. The maximum absolute atomic E-state index is 12.1. The van der Waals surface area contributed by atoms with Gasteiger partial charge in [0.15, 0.2) is 5.82 Å². The minimum atomic E-state index is -0.169. The van der Waals surface area contributed by atoms with Crippen molar-refractivity contribution in [3.05, 3.63) is 49.1 Å². The number of nitrogens with zero attached hydrogens (tertiary/aromatic N) is 5. The first kappa shape index (κ1) is 15.0. The number of amides is 1. The van der Waals surface area contributed by atoms with Gasteiger partial charge in [0.05, 0.1) is 24.3 Å². The SMILES string of the molecule is CC(C)n1ncc(NC(=O)Cn2cnc(-c3ccccc3)c2)n1. The predicted molar refractivity (Wildman–Crippen MR) is 86.7 cm³/mol. The maximum atomic E-state index is 12.1. The van der Waals surface area contributed by atoms with Crippen LogP contribution in [0.2, 0.25) is 0 Å². The molecule has 0 unspecified atom stereocenters. The van der Waals surface area contributed by atoms with E-state index < -0.39 is 0 Å². The molecule has 0 saturated carbocycles. The Morgan fingerprint density at radius 2 is 2.04 bits per heavy atom. The summed E-state index contributed by atoms with van der Waals surface area (Å²) in [6, 6.07) is 9.99. The van der Waals surface area contributed by atoms with E-state index in [0.29, 0.717) is 5.82 Å². The van der Waals surface area contributed by atoms with Crippen LogP contribution in [-0.2, 0) is 11.3 Å². The lowest BCUT2D eigenvalue weighted by Crippen LogP contribution is -2.18. The van der Waals surface area contributed by atoms with Gasteiger partial charge in [-0.1, -0.05) is 30.3 Å². The van der Waals surface area contributed by atoms with Gasteiger partial charge in [-0.05, 0) is 13.8 Å². The van der Waals surface area contributed by atoms with Crippen LogP contribution in [0.1, 0.15) is 19.9 Å². The van der Waals surface area contributed by atoms with Crippen LogP contribution in [0.25, 0.3) is 11.3 Å². The van der Waals surface area contributed by atoms with E-state index >= 15 is 0 Å². The molecule has 0 aliphatic heterocycles. The molecule has 0 saturated heterocycles. The van der Waals surface area contributed by atoms with E-state index in [1.807, 2.05) is 50.4 Å². The van der Waals surface area contributed by atoms with E-state index in [2.05, 4.69) is 20.5 Å². The van der Waals surface area contributed by atoms with E-state index in [9.17, 15) is 4.79 Å². The summed E-state index contributed by atoms with van der Waals surface area (Å²) >= 11 is 0. The number of nitrogens with one attached hydrogen (secondary N) is 1. The molecule has 0 aliphatic carbocycles. The highest BCUT2D eigenvalue weighted by Gasteiger charge is 2.09. The molecular weight excluding hydrogens is 292 g/mol. The van der Waals surface area contributed by atoms with E-state index in [-0.39, 0.29) is 18.5 Å². The number of carbonyl (C=O) groups excluding carboxylic acids is 1. The normalized spacial score (nSPS) is 10.9. The Labute approximate surface area is 134 Å². The highest BCUT2D eigenvalue weighted by molar-refractivity contribution is 5.89. The third kappa shape index (κ3) is 3.63. The van der Waals surface area contributed by atoms with Crippen molar-refractivity contribution in [1.29, 1.82) is 0 Å². The first-order chi connectivity index (χ1) is 11.1. The van der Waals surface area contributed by atoms with Crippen LogP contribution < -0.4 is 5.32 Å². The van der Waals surface area contributed by atoms with Gasteiger partial charge in [0, 0.05) is 11.8 Å². The molecule has 1 amide bonds. The fourth-order valence-corrected chi connectivity index (χ4v) is 2.13. The summed E-state index contributed by atoms with van der Waals surface area (Å²) in [5.41, 5.74) is 1.86. The molecular formula is C16H18N6O. The number of carbonyl (C=O) groups is 1. The highest BCUT2D eigenvalue weighted by atomic mass is 16.2. The van der Waals surface area contributed by atoms with Gasteiger partial charge in [0.25, 0.3) is 0 Å². The Bertz CT molecular complexity index is 790. The van der Waals surface area contributed by atoms with E-state index in [0.717, 1.165) is 11.3 Å². The summed E-state index contributed by atoms with van der Waals surface area (Å²) in [6.07, 6.45) is 5.04. The molecule has 0 aliphatic rings. The van der Waals surface area contributed by atoms with Gasteiger partial charge in [-0.25, -0.2) is 4.98 Å². The van der Waals surface area contributed by atoms with Crippen LogP contribution in [0.15, 0.2) is 49.1 Å². The van der Waals surface area contributed by atoms with E-state index in [1.165, 1.54) is 0 Å². The zero-order valence-corrected chi connectivity index (χ0v) is 13.0. The Morgan fingerprint density at radius 1 is 1.26 bits per heavy atom. The molecule has 1 N–H and O–H groups in total. The molecule has 0 bridgehead atoms. The van der Waals surface area contributed by atoms with Crippen molar-refractivity contribution in [2.75, 3.05) is 5.32 Å². The second-order valence-corrected chi connectivity index (χ2v) is 5.49. The zero-order valence-electron chi connectivity index (χ0n) is 13.0. The minimum Gasteiger partial charge on any atom is -0.327 e. The summed E-state index contributed by atoms with van der Waals surface area (Å²) in [5.74, 6) is 0.282. The van der Waals surface area contributed by atoms with Crippen molar-refractivity contribution < 1.29 is 4.79 Å². The highest BCUT2D eigenvalue weighted by Crippen LogP contribution is 2.15. The maximum Gasteiger partial charge on any atom is 0.245 e. The van der Waals surface area contributed by atoms with E-state index in [4.69, 9.17) is 0 Å². The van der Waals surface area contributed by atoms with Gasteiger partial charge in [0.2, 0.25) is 5.91 Å². The summed E-state index contributed by atoms with van der Waals surface area (Å²) in [5, 5.41) is 11.0. The topological polar surface area (TPSA) is 77.6 Å². The van der Waals surface area contributed by atoms with Crippen LogP contribution >= 0.6 is 0 Å². The predicted octanol–water partition coefficient (Wildman–Crippen LogP) is 2.36. The molecule has 0 radical (unpaired) electrons. The molecule has 0 atom stereocenters. The second kappa shape index (κ2) is 6.43. The molecule has 2 aromatic heterocycles. The molecule has 7 heteroatoms. The molecule has 118 valence electrons. The Morgan fingerprint density at radius 3 is 2.74 bits per heavy atom. The minimum absolute atomic E-state index is 0.155. The van der Waals surface area contributed by atoms with Crippen LogP contribution in [0.4, 0.5) is 5.82 Å². The van der Waals surface area contributed by atoms with Crippen LogP contribution in [-0.4, -0.2) is 30.5 Å². The third-order valence-corrected chi connectivity index (χ3v) is 3.27. The number of rotatable bonds is 5. The van der Waals surface area contributed by atoms with Crippen molar-refractivity contribution in [2.45, 2.75) is 26.4 Å².